The van der Waals surface area contributed by atoms with Gasteiger partial charge in [-0.25, -0.2) is 0 Å². The van der Waals surface area contributed by atoms with Gasteiger partial charge in [0.25, 0.3) is 0 Å². The number of nitrogen functional groups attached to an aromatic ring is 1. The minimum atomic E-state index is 0.322. The fourth-order valence-corrected chi connectivity index (χ4v) is 1.85. The molecule has 1 aromatic heterocycles. The van der Waals surface area contributed by atoms with Crippen molar-refractivity contribution in [3.05, 3.63) is 33.3 Å². The lowest BCUT2D eigenvalue weighted by Crippen LogP contribution is -1.84. The first-order valence-corrected chi connectivity index (χ1v) is 5.44. The van der Waals surface area contributed by atoms with Gasteiger partial charge in [0.15, 0.2) is 11.6 Å². The Kier molecular flexibility index (Phi) is 2.71. The summed E-state index contributed by atoms with van der Waals surface area (Å²) >= 11 is 9.47. The van der Waals surface area contributed by atoms with Gasteiger partial charge in [-0.1, -0.05) is 28.9 Å². The van der Waals surface area contributed by atoms with E-state index >= 15 is 0 Å². The summed E-state index contributed by atoms with van der Waals surface area (Å²) in [6.07, 6.45) is 0. The van der Waals surface area contributed by atoms with Gasteiger partial charge in [-0.3, -0.25) is 0 Å². The number of anilines is 1. The Morgan fingerprint density at radius 3 is 2.80 bits per heavy atom. The third kappa shape index (κ3) is 1.75. The molecule has 0 fully saturated rings. The number of hydrogen-bond donors (Lipinski definition) is 1. The second-order valence-corrected chi connectivity index (χ2v) is 4.32. The molecule has 78 valence electrons. The monoisotopic (exact) mass is 286 g/mol. The Balaban J connectivity index is 2.64. The number of rotatable bonds is 1. The fraction of sp³-hybridized carbons (Fsp3) is 0.100. The van der Waals surface area contributed by atoms with Crippen LogP contribution in [0.15, 0.2) is 27.2 Å². The van der Waals surface area contributed by atoms with E-state index in [2.05, 4.69) is 21.1 Å². The number of aromatic nitrogens is 1. The minimum absolute atomic E-state index is 0.322. The molecule has 2 rings (SSSR count). The van der Waals surface area contributed by atoms with E-state index in [1.165, 1.54) is 0 Å². The molecule has 0 radical (unpaired) electrons. The maximum atomic E-state index is 6.16. The summed E-state index contributed by atoms with van der Waals surface area (Å²) < 4.78 is 5.74. The molecule has 0 saturated heterocycles. The molecular weight excluding hydrogens is 279 g/mol. The Bertz CT molecular complexity index is 510. The topological polar surface area (TPSA) is 52.0 Å². The molecule has 0 bridgehead atoms. The largest absolute Gasteiger partial charge is 0.380 e. The highest BCUT2D eigenvalue weighted by atomic mass is 79.9. The van der Waals surface area contributed by atoms with Crippen molar-refractivity contribution in [2.24, 2.45) is 0 Å². The highest BCUT2D eigenvalue weighted by molar-refractivity contribution is 9.10. The third-order valence-electron chi connectivity index (χ3n) is 2.10. The first kappa shape index (κ1) is 10.5. The van der Waals surface area contributed by atoms with Crippen molar-refractivity contribution in [3.63, 3.8) is 0 Å². The van der Waals surface area contributed by atoms with Crippen molar-refractivity contribution in [3.8, 4) is 11.3 Å². The second-order valence-electron chi connectivity index (χ2n) is 3.15. The molecule has 0 aliphatic heterocycles. The van der Waals surface area contributed by atoms with Crippen LogP contribution < -0.4 is 5.73 Å². The number of nitrogens with zero attached hydrogens (tertiary/aromatic N) is 1. The van der Waals surface area contributed by atoms with Gasteiger partial charge in [0.1, 0.15) is 4.47 Å². The molecule has 0 atom stereocenters. The number of benzene rings is 1. The highest BCUT2D eigenvalue weighted by Gasteiger charge is 2.16. The van der Waals surface area contributed by atoms with Crippen LogP contribution in [0.3, 0.4) is 0 Å². The average molecular weight is 288 g/mol. The van der Waals surface area contributed by atoms with Gasteiger partial charge in [-0.05, 0) is 34.5 Å². The standard InChI is InChI=1S/C10H8BrClN2O/c1-5-3-2-4-6(8(5)12)9-7(11)10(13)14-15-9/h2-4H,1H3,(H2,13,14). The van der Waals surface area contributed by atoms with Crippen LogP contribution in [-0.2, 0) is 0 Å². The van der Waals surface area contributed by atoms with Crippen molar-refractivity contribution in [1.29, 1.82) is 0 Å². The first-order valence-electron chi connectivity index (χ1n) is 4.27. The average Bonchev–Trinajstić information content (AvgIpc) is 2.53. The van der Waals surface area contributed by atoms with Gasteiger partial charge in [0, 0.05) is 5.56 Å². The molecule has 2 N–H and O–H groups in total. The third-order valence-corrected chi connectivity index (χ3v) is 3.36. The zero-order valence-electron chi connectivity index (χ0n) is 7.92. The Morgan fingerprint density at radius 1 is 1.47 bits per heavy atom. The summed E-state index contributed by atoms with van der Waals surface area (Å²) in [6, 6.07) is 5.70. The van der Waals surface area contributed by atoms with Crippen molar-refractivity contribution < 1.29 is 4.52 Å². The molecular formula is C10H8BrClN2O. The summed E-state index contributed by atoms with van der Waals surface area (Å²) in [6.45, 7) is 1.93. The molecule has 3 nitrogen and oxygen atoms in total. The Hall–Kier alpha value is -1.00. The smallest absolute Gasteiger partial charge is 0.184 e. The van der Waals surface area contributed by atoms with Crippen molar-refractivity contribution in [1.82, 2.24) is 5.16 Å². The molecule has 0 spiro atoms. The predicted molar refractivity (Wildman–Crippen MR) is 63.8 cm³/mol. The van der Waals surface area contributed by atoms with E-state index in [1.54, 1.807) is 0 Å². The maximum Gasteiger partial charge on any atom is 0.184 e. The summed E-state index contributed by atoms with van der Waals surface area (Å²) in [5.41, 5.74) is 7.34. The van der Waals surface area contributed by atoms with E-state index in [4.69, 9.17) is 21.9 Å². The molecule has 0 aliphatic carbocycles. The zero-order valence-corrected chi connectivity index (χ0v) is 10.3. The van der Waals surface area contributed by atoms with E-state index < -0.39 is 0 Å². The van der Waals surface area contributed by atoms with Gasteiger partial charge in [-0.2, -0.15) is 0 Å². The second kappa shape index (κ2) is 3.87. The summed E-state index contributed by atoms with van der Waals surface area (Å²) in [5.74, 6) is 0.878. The number of halogens is 2. The van der Waals surface area contributed by atoms with Gasteiger partial charge >= 0.3 is 0 Å². The molecule has 0 saturated carbocycles. The molecule has 1 heterocycles. The van der Waals surface area contributed by atoms with Crippen molar-refractivity contribution in [2.75, 3.05) is 5.73 Å². The quantitative estimate of drug-likeness (QED) is 0.871. The van der Waals surface area contributed by atoms with E-state index in [1.807, 2.05) is 25.1 Å². The van der Waals surface area contributed by atoms with Crippen LogP contribution in [0.1, 0.15) is 5.56 Å². The number of aryl methyl sites for hydroxylation is 1. The fourth-order valence-electron chi connectivity index (χ4n) is 1.28. The SMILES string of the molecule is Cc1cccc(-c2onc(N)c2Br)c1Cl. The van der Waals surface area contributed by atoms with Gasteiger partial charge in [0.05, 0.1) is 5.02 Å². The molecule has 0 amide bonds. The van der Waals surface area contributed by atoms with E-state index in [0.29, 0.717) is 21.1 Å². The van der Waals surface area contributed by atoms with Crippen LogP contribution in [0, 0.1) is 6.92 Å². The van der Waals surface area contributed by atoms with Gasteiger partial charge in [0.2, 0.25) is 0 Å². The molecule has 0 unspecified atom stereocenters. The summed E-state index contributed by atoms with van der Waals surface area (Å²) in [7, 11) is 0. The molecule has 5 heteroatoms. The predicted octanol–water partition coefficient (Wildman–Crippen LogP) is 3.65. The van der Waals surface area contributed by atoms with Crippen LogP contribution >= 0.6 is 27.5 Å². The van der Waals surface area contributed by atoms with E-state index in [9.17, 15) is 0 Å². The lowest BCUT2D eigenvalue weighted by Gasteiger charge is -2.02. The van der Waals surface area contributed by atoms with Crippen LogP contribution in [0.4, 0.5) is 5.82 Å². The number of nitrogens with two attached hydrogens (primary N) is 1. The zero-order chi connectivity index (χ0) is 11.0. The number of hydrogen-bond acceptors (Lipinski definition) is 3. The summed E-state index contributed by atoms with van der Waals surface area (Å²) in [4.78, 5) is 0. The summed E-state index contributed by atoms with van der Waals surface area (Å²) in [5, 5.41) is 4.31. The van der Waals surface area contributed by atoms with Crippen LogP contribution in [0.2, 0.25) is 5.02 Å². The lowest BCUT2D eigenvalue weighted by atomic mass is 10.1. The maximum absolute atomic E-state index is 6.16. The Labute approximate surface area is 100 Å². The Morgan fingerprint density at radius 2 is 2.20 bits per heavy atom. The van der Waals surface area contributed by atoms with E-state index in [-0.39, 0.29) is 0 Å². The normalized spacial score (nSPS) is 10.6. The van der Waals surface area contributed by atoms with Crippen LogP contribution in [-0.4, -0.2) is 5.16 Å². The minimum Gasteiger partial charge on any atom is -0.380 e. The molecule has 15 heavy (non-hydrogen) atoms. The van der Waals surface area contributed by atoms with E-state index in [0.717, 1.165) is 11.1 Å². The van der Waals surface area contributed by atoms with Crippen LogP contribution in [0.25, 0.3) is 11.3 Å². The first-order chi connectivity index (χ1) is 7.11. The molecule has 2 aromatic rings. The van der Waals surface area contributed by atoms with Crippen LogP contribution in [0.5, 0.6) is 0 Å². The molecule has 1 aromatic carbocycles. The van der Waals surface area contributed by atoms with Gasteiger partial charge < -0.3 is 10.3 Å². The van der Waals surface area contributed by atoms with Crippen molar-refractivity contribution in [2.45, 2.75) is 6.92 Å². The van der Waals surface area contributed by atoms with Gasteiger partial charge in [-0.15, -0.1) is 0 Å². The molecule has 0 aliphatic rings. The lowest BCUT2D eigenvalue weighted by molar-refractivity contribution is 0.435. The highest BCUT2D eigenvalue weighted by Crippen LogP contribution is 2.37. The van der Waals surface area contributed by atoms with Crippen molar-refractivity contribution >= 4 is 33.3 Å².